The van der Waals surface area contributed by atoms with Gasteiger partial charge in [0.2, 0.25) is 0 Å². The highest BCUT2D eigenvalue weighted by molar-refractivity contribution is 7.92. The first-order valence-corrected chi connectivity index (χ1v) is 7.57. The second-order valence-electron chi connectivity index (χ2n) is 4.29. The average Bonchev–Trinajstić information content (AvgIpc) is 2.68. The number of aromatic amines is 1. The Morgan fingerprint density at radius 1 is 1.38 bits per heavy atom. The molecule has 0 saturated carbocycles. The number of sulfonamides is 1. The van der Waals surface area contributed by atoms with Crippen molar-refractivity contribution in [3.8, 4) is 0 Å². The van der Waals surface area contributed by atoms with Crippen LogP contribution in [-0.4, -0.2) is 23.5 Å². The van der Waals surface area contributed by atoms with E-state index in [9.17, 15) is 18.5 Å². The number of hydrogen-bond acceptors (Lipinski definition) is 5. The van der Waals surface area contributed by atoms with Crippen molar-refractivity contribution in [2.75, 3.05) is 4.72 Å². The minimum absolute atomic E-state index is 0.0447. The molecule has 0 aliphatic heterocycles. The molecular weight excluding hydrogens is 320 g/mol. The van der Waals surface area contributed by atoms with E-state index >= 15 is 0 Å². The molecule has 1 aromatic heterocycles. The second-order valence-corrected chi connectivity index (χ2v) is 6.34. The van der Waals surface area contributed by atoms with Crippen molar-refractivity contribution < 1.29 is 13.3 Å². The third-order valence-electron chi connectivity index (χ3n) is 2.73. The third kappa shape index (κ3) is 2.98. The number of benzene rings is 1. The predicted molar refractivity (Wildman–Crippen MR) is 77.0 cm³/mol. The van der Waals surface area contributed by atoms with E-state index in [1.54, 1.807) is 6.92 Å². The van der Waals surface area contributed by atoms with Crippen LogP contribution in [0.5, 0.6) is 0 Å². The molecule has 0 fully saturated rings. The van der Waals surface area contributed by atoms with Gasteiger partial charge in [-0.1, -0.05) is 11.6 Å². The number of halogens is 1. The Balaban J connectivity index is 2.51. The quantitative estimate of drug-likeness (QED) is 0.659. The van der Waals surface area contributed by atoms with Gasteiger partial charge in [-0.2, -0.15) is 5.10 Å². The molecule has 0 amide bonds. The normalized spacial score (nSPS) is 11.4. The number of hydrogen-bond donors (Lipinski definition) is 2. The highest BCUT2D eigenvalue weighted by atomic mass is 35.5. The van der Waals surface area contributed by atoms with E-state index in [1.165, 1.54) is 19.1 Å². The largest absolute Gasteiger partial charge is 0.293 e. The summed E-state index contributed by atoms with van der Waals surface area (Å²) in [5.41, 5.74) is 0.0173. The van der Waals surface area contributed by atoms with E-state index in [4.69, 9.17) is 11.6 Å². The topological polar surface area (TPSA) is 118 Å². The Kier molecular flexibility index (Phi) is 3.88. The molecule has 1 aromatic carbocycles. The number of nitro groups is 1. The minimum atomic E-state index is -4.01. The van der Waals surface area contributed by atoms with Crippen LogP contribution in [0.3, 0.4) is 0 Å². The lowest BCUT2D eigenvalue weighted by molar-refractivity contribution is -0.383. The van der Waals surface area contributed by atoms with Crippen LogP contribution in [0.2, 0.25) is 5.02 Å². The van der Waals surface area contributed by atoms with E-state index in [1.807, 2.05) is 0 Å². The van der Waals surface area contributed by atoms with Gasteiger partial charge in [0, 0.05) is 11.1 Å². The van der Waals surface area contributed by atoms with Gasteiger partial charge in [-0.15, -0.1) is 0 Å². The first kappa shape index (κ1) is 15.3. The molecule has 2 N–H and O–H groups in total. The fourth-order valence-electron chi connectivity index (χ4n) is 1.88. The molecule has 0 aliphatic carbocycles. The van der Waals surface area contributed by atoms with Crippen LogP contribution in [-0.2, 0) is 10.0 Å². The highest BCUT2D eigenvalue weighted by Gasteiger charge is 2.25. The SMILES string of the molecule is Cc1n[nH]c(C)c1S(=O)(=O)Nc1cc(Cl)ccc1[N+](=O)[O-]. The molecule has 0 aliphatic rings. The van der Waals surface area contributed by atoms with E-state index in [0.29, 0.717) is 5.69 Å². The molecule has 0 saturated heterocycles. The molecule has 10 heteroatoms. The molecular formula is C11H11ClN4O4S. The smallest absolute Gasteiger partial charge is 0.281 e. The molecule has 112 valence electrons. The minimum Gasteiger partial charge on any atom is -0.281 e. The van der Waals surface area contributed by atoms with Crippen LogP contribution in [0.15, 0.2) is 23.1 Å². The van der Waals surface area contributed by atoms with Crippen molar-refractivity contribution in [2.24, 2.45) is 0 Å². The van der Waals surface area contributed by atoms with Crippen LogP contribution in [0.4, 0.5) is 11.4 Å². The number of anilines is 1. The number of nitrogens with one attached hydrogen (secondary N) is 2. The fourth-order valence-corrected chi connectivity index (χ4v) is 3.49. The molecule has 0 radical (unpaired) electrons. The number of nitrogens with zero attached hydrogens (tertiary/aromatic N) is 2. The van der Waals surface area contributed by atoms with Gasteiger partial charge in [-0.25, -0.2) is 8.42 Å². The number of aromatic nitrogens is 2. The Bertz CT molecular complexity index is 796. The third-order valence-corrected chi connectivity index (χ3v) is 4.59. The van der Waals surface area contributed by atoms with Crippen molar-refractivity contribution in [2.45, 2.75) is 18.7 Å². The standard InChI is InChI=1S/C11H11ClN4O4S/c1-6-11(7(2)14-13-6)21(19,20)15-9-5-8(12)3-4-10(9)16(17)18/h3-5,15H,1-2H3,(H,13,14). The maximum Gasteiger partial charge on any atom is 0.293 e. The molecule has 2 rings (SSSR count). The van der Waals surface area contributed by atoms with Gasteiger partial charge in [0.15, 0.2) is 0 Å². The van der Waals surface area contributed by atoms with Gasteiger partial charge in [0.1, 0.15) is 10.6 Å². The van der Waals surface area contributed by atoms with Crippen molar-refractivity contribution in [3.63, 3.8) is 0 Å². The first-order valence-electron chi connectivity index (χ1n) is 5.70. The summed E-state index contributed by atoms with van der Waals surface area (Å²) in [6, 6.07) is 3.63. The maximum atomic E-state index is 12.4. The molecule has 8 nitrogen and oxygen atoms in total. The molecule has 0 atom stereocenters. The van der Waals surface area contributed by atoms with Gasteiger partial charge in [-0.3, -0.25) is 19.9 Å². The zero-order valence-electron chi connectivity index (χ0n) is 11.0. The Hall–Kier alpha value is -2.13. The van der Waals surface area contributed by atoms with E-state index in [-0.39, 0.29) is 27.0 Å². The van der Waals surface area contributed by atoms with E-state index in [0.717, 1.165) is 6.07 Å². The number of aryl methyl sites for hydroxylation is 2. The lowest BCUT2D eigenvalue weighted by Gasteiger charge is -2.09. The van der Waals surface area contributed by atoms with Crippen molar-refractivity contribution >= 4 is 33.0 Å². The zero-order chi connectivity index (χ0) is 15.8. The Labute approximate surface area is 125 Å². The monoisotopic (exact) mass is 330 g/mol. The van der Waals surface area contributed by atoms with Gasteiger partial charge in [-0.05, 0) is 26.0 Å². The van der Waals surface area contributed by atoms with Crippen LogP contribution in [0.25, 0.3) is 0 Å². The zero-order valence-corrected chi connectivity index (χ0v) is 12.6. The van der Waals surface area contributed by atoms with Crippen LogP contribution >= 0.6 is 11.6 Å². The summed E-state index contributed by atoms with van der Waals surface area (Å²) >= 11 is 5.76. The summed E-state index contributed by atoms with van der Waals surface area (Å²) < 4.78 is 26.9. The number of rotatable bonds is 4. The van der Waals surface area contributed by atoms with Crippen LogP contribution in [0, 0.1) is 24.0 Å². The Morgan fingerprint density at radius 3 is 2.57 bits per heavy atom. The Morgan fingerprint density at radius 2 is 2.05 bits per heavy atom. The number of nitro benzene ring substituents is 1. The molecule has 21 heavy (non-hydrogen) atoms. The summed E-state index contributed by atoms with van der Waals surface area (Å²) in [4.78, 5) is 10.2. The van der Waals surface area contributed by atoms with Gasteiger partial charge in [0.25, 0.3) is 15.7 Å². The van der Waals surface area contributed by atoms with Gasteiger partial charge in [0.05, 0.1) is 16.3 Å². The molecule has 0 bridgehead atoms. The van der Waals surface area contributed by atoms with Gasteiger partial charge < -0.3 is 0 Å². The molecule has 1 heterocycles. The van der Waals surface area contributed by atoms with E-state index in [2.05, 4.69) is 14.9 Å². The second kappa shape index (κ2) is 5.34. The average molecular weight is 331 g/mol. The lowest BCUT2D eigenvalue weighted by atomic mass is 10.3. The summed E-state index contributed by atoms with van der Waals surface area (Å²) in [6.07, 6.45) is 0. The van der Waals surface area contributed by atoms with Crippen LogP contribution in [0.1, 0.15) is 11.4 Å². The lowest BCUT2D eigenvalue weighted by Crippen LogP contribution is -2.15. The number of H-pyrrole nitrogens is 1. The molecule has 0 unspecified atom stereocenters. The van der Waals surface area contributed by atoms with Crippen molar-refractivity contribution in [1.29, 1.82) is 0 Å². The van der Waals surface area contributed by atoms with Crippen molar-refractivity contribution in [1.82, 2.24) is 10.2 Å². The summed E-state index contributed by atoms with van der Waals surface area (Å²) in [5, 5.41) is 17.5. The van der Waals surface area contributed by atoms with Crippen molar-refractivity contribution in [3.05, 3.63) is 44.7 Å². The van der Waals surface area contributed by atoms with E-state index < -0.39 is 14.9 Å². The summed E-state index contributed by atoms with van der Waals surface area (Å²) in [7, 11) is -4.01. The summed E-state index contributed by atoms with van der Waals surface area (Å²) in [5.74, 6) is 0. The predicted octanol–water partition coefficient (Wildman–Crippen LogP) is 2.39. The fraction of sp³-hybridized carbons (Fsp3) is 0.182. The van der Waals surface area contributed by atoms with Gasteiger partial charge >= 0.3 is 0 Å². The molecule has 2 aromatic rings. The van der Waals surface area contributed by atoms with Crippen LogP contribution < -0.4 is 4.72 Å². The highest BCUT2D eigenvalue weighted by Crippen LogP contribution is 2.30. The first-order chi connectivity index (χ1) is 9.72. The maximum absolute atomic E-state index is 12.4. The summed E-state index contributed by atoms with van der Waals surface area (Å²) in [6.45, 7) is 3.06. The molecule has 0 spiro atoms.